The van der Waals surface area contributed by atoms with Crippen molar-refractivity contribution < 1.29 is 14.0 Å². The van der Waals surface area contributed by atoms with Crippen LogP contribution >= 0.6 is 0 Å². The highest BCUT2D eigenvalue weighted by Crippen LogP contribution is 2.32. The first-order chi connectivity index (χ1) is 17.6. The molecule has 0 saturated carbocycles. The quantitative estimate of drug-likeness (QED) is 0.317. The van der Waals surface area contributed by atoms with Gasteiger partial charge in [-0.25, -0.2) is 14.8 Å². The summed E-state index contributed by atoms with van der Waals surface area (Å²) < 4.78 is 18.2. The third-order valence-corrected chi connectivity index (χ3v) is 5.91. The third-order valence-electron chi connectivity index (χ3n) is 5.91. The van der Waals surface area contributed by atoms with Crippen LogP contribution in [0.1, 0.15) is 12.6 Å². The van der Waals surface area contributed by atoms with Crippen LogP contribution in [0.15, 0.2) is 64.2 Å². The predicted molar refractivity (Wildman–Crippen MR) is 136 cm³/mol. The van der Waals surface area contributed by atoms with Gasteiger partial charge < -0.3 is 19.4 Å². The summed E-state index contributed by atoms with van der Waals surface area (Å²) in [5.74, 6) is 1.85. The number of benzene rings is 2. The molecule has 0 spiro atoms. The van der Waals surface area contributed by atoms with E-state index in [2.05, 4.69) is 53.6 Å². The number of hydrogen-bond donors (Lipinski definition) is 2. The molecule has 5 aromatic rings. The number of nitrogens with one attached hydrogen (secondary N) is 2. The summed E-state index contributed by atoms with van der Waals surface area (Å²) in [5, 5.41) is 8.27. The lowest BCUT2D eigenvalue weighted by Gasteiger charge is -2.12. The average molecular weight is 487 g/mol. The van der Waals surface area contributed by atoms with Crippen molar-refractivity contribution >= 4 is 16.7 Å². The van der Waals surface area contributed by atoms with Crippen molar-refractivity contribution in [1.82, 2.24) is 24.7 Å². The van der Waals surface area contributed by atoms with E-state index < -0.39 is 5.76 Å². The monoisotopic (exact) mass is 486 g/mol. The number of rotatable bonds is 9. The van der Waals surface area contributed by atoms with Crippen LogP contribution in [0.5, 0.6) is 11.5 Å². The fourth-order valence-corrected chi connectivity index (χ4v) is 4.27. The number of anilines is 1. The molecule has 0 amide bonds. The number of aromatic amines is 1. The molecular weight excluding hydrogens is 460 g/mol. The summed E-state index contributed by atoms with van der Waals surface area (Å²) in [6, 6.07) is 15.7. The summed E-state index contributed by atoms with van der Waals surface area (Å²) in [4.78, 5) is 22.7. The van der Waals surface area contributed by atoms with Crippen LogP contribution in [0, 0.1) is 6.92 Å². The maximum Gasteiger partial charge on any atom is 0.439 e. The van der Waals surface area contributed by atoms with Gasteiger partial charge in [0.2, 0.25) is 0 Å². The Kier molecular flexibility index (Phi) is 6.40. The molecule has 0 aliphatic carbocycles. The normalized spacial score (nSPS) is 11.1. The minimum absolute atomic E-state index is 0.311. The smallest absolute Gasteiger partial charge is 0.439 e. The van der Waals surface area contributed by atoms with E-state index >= 15 is 0 Å². The highest BCUT2D eigenvalue weighted by atomic mass is 16.5. The minimum atomic E-state index is -0.620. The van der Waals surface area contributed by atoms with E-state index in [1.54, 1.807) is 7.11 Å². The van der Waals surface area contributed by atoms with Gasteiger partial charge in [0.15, 0.2) is 5.82 Å². The Bertz CT molecular complexity index is 1570. The fourth-order valence-electron chi connectivity index (χ4n) is 4.27. The molecule has 0 atom stereocenters. The average Bonchev–Trinajstić information content (AvgIpc) is 3.47. The van der Waals surface area contributed by atoms with Gasteiger partial charge in [0.05, 0.1) is 30.5 Å². The summed E-state index contributed by atoms with van der Waals surface area (Å²) in [7, 11) is 1.69. The standard InChI is InChI=1S/C26H26N6O4/c1-4-35-23-13-17(8-9-18(23)25-30-26(33)36-31-25)20-14-24(29-15-28-20)27-10-11-32-16(2)12-19-21(32)6-5-7-22(19)34-3/h5-9,12-15H,4,10-11H2,1-3H3,(H,27,28,29)(H,30,31,33). The van der Waals surface area contributed by atoms with Crippen molar-refractivity contribution in [3.8, 4) is 34.1 Å². The van der Waals surface area contributed by atoms with Crippen molar-refractivity contribution in [3.63, 3.8) is 0 Å². The Morgan fingerprint density at radius 2 is 2.00 bits per heavy atom. The van der Waals surface area contributed by atoms with Crippen molar-refractivity contribution in [3.05, 3.63) is 71.1 Å². The van der Waals surface area contributed by atoms with Gasteiger partial charge in [-0.3, -0.25) is 9.51 Å². The van der Waals surface area contributed by atoms with Crippen LogP contribution in [0.3, 0.4) is 0 Å². The zero-order chi connectivity index (χ0) is 25.1. The van der Waals surface area contributed by atoms with Crippen molar-refractivity contribution in [2.45, 2.75) is 20.4 Å². The van der Waals surface area contributed by atoms with Gasteiger partial charge in [0.1, 0.15) is 23.6 Å². The topological polar surface area (TPSA) is 120 Å². The van der Waals surface area contributed by atoms with Crippen molar-refractivity contribution in [2.24, 2.45) is 0 Å². The molecular formula is C26H26N6O4. The minimum Gasteiger partial charge on any atom is -0.496 e. The number of aromatic nitrogens is 5. The molecule has 0 aliphatic heterocycles. The van der Waals surface area contributed by atoms with Gasteiger partial charge in [-0.15, -0.1) is 0 Å². The molecule has 0 unspecified atom stereocenters. The lowest BCUT2D eigenvalue weighted by Crippen LogP contribution is -2.12. The van der Waals surface area contributed by atoms with Gasteiger partial charge >= 0.3 is 5.76 Å². The summed E-state index contributed by atoms with van der Waals surface area (Å²) in [5.41, 5.74) is 4.51. The summed E-state index contributed by atoms with van der Waals surface area (Å²) in [6.07, 6.45) is 1.53. The highest BCUT2D eigenvalue weighted by molar-refractivity contribution is 5.87. The number of ether oxygens (including phenoxy) is 2. The Balaban J connectivity index is 1.34. The molecule has 0 saturated heterocycles. The van der Waals surface area contributed by atoms with Crippen LogP contribution in [-0.4, -0.2) is 44.9 Å². The van der Waals surface area contributed by atoms with Gasteiger partial charge in [-0.1, -0.05) is 17.3 Å². The first kappa shape index (κ1) is 23.2. The molecule has 2 aromatic carbocycles. The Morgan fingerprint density at radius 3 is 2.78 bits per heavy atom. The molecule has 0 aliphatic rings. The molecule has 36 heavy (non-hydrogen) atoms. The molecule has 2 N–H and O–H groups in total. The first-order valence-electron chi connectivity index (χ1n) is 11.6. The number of methoxy groups -OCH3 is 1. The second kappa shape index (κ2) is 9.95. The number of H-pyrrole nitrogens is 1. The van der Waals surface area contributed by atoms with Gasteiger partial charge in [0.25, 0.3) is 0 Å². The largest absolute Gasteiger partial charge is 0.496 e. The molecule has 10 heteroatoms. The van der Waals surface area contributed by atoms with E-state index in [1.165, 1.54) is 6.33 Å². The van der Waals surface area contributed by atoms with Crippen LogP contribution in [0.2, 0.25) is 0 Å². The second-order valence-electron chi connectivity index (χ2n) is 8.13. The summed E-state index contributed by atoms with van der Waals surface area (Å²) >= 11 is 0. The zero-order valence-corrected chi connectivity index (χ0v) is 20.2. The van der Waals surface area contributed by atoms with Crippen molar-refractivity contribution in [1.29, 1.82) is 0 Å². The van der Waals surface area contributed by atoms with Crippen LogP contribution in [-0.2, 0) is 6.54 Å². The Morgan fingerprint density at radius 1 is 1.11 bits per heavy atom. The zero-order valence-electron chi connectivity index (χ0n) is 20.2. The maximum atomic E-state index is 11.4. The Hall–Kier alpha value is -4.60. The lowest BCUT2D eigenvalue weighted by molar-refractivity contribution is 0.341. The second-order valence-corrected chi connectivity index (χ2v) is 8.13. The molecule has 5 rings (SSSR count). The van der Waals surface area contributed by atoms with Crippen LogP contribution in [0.4, 0.5) is 5.82 Å². The van der Waals surface area contributed by atoms with E-state index in [-0.39, 0.29) is 0 Å². The molecule has 3 heterocycles. The number of hydrogen-bond acceptors (Lipinski definition) is 8. The SMILES string of the molecule is CCOc1cc(-c2cc(NCCn3c(C)cc4c(OC)cccc43)ncn2)ccc1-c1noc(=O)[nH]1. The number of nitrogens with zero attached hydrogens (tertiary/aromatic N) is 4. The first-order valence-corrected chi connectivity index (χ1v) is 11.6. The van der Waals surface area contributed by atoms with E-state index in [0.29, 0.717) is 30.3 Å². The Labute approximate surface area is 206 Å². The van der Waals surface area contributed by atoms with Gasteiger partial charge in [0, 0.05) is 35.8 Å². The van der Waals surface area contributed by atoms with E-state index in [4.69, 9.17) is 9.47 Å². The van der Waals surface area contributed by atoms with Crippen LogP contribution < -0.4 is 20.5 Å². The fraction of sp³-hybridized carbons (Fsp3) is 0.231. The molecule has 0 radical (unpaired) electrons. The molecule has 184 valence electrons. The molecule has 0 fully saturated rings. The predicted octanol–water partition coefficient (Wildman–Crippen LogP) is 4.27. The third kappa shape index (κ3) is 4.52. The molecule has 0 bridgehead atoms. The number of fused-ring (bicyclic) bond motifs is 1. The maximum absolute atomic E-state index is 11.4. The van der Waals surface area contributed by atoms with E-state index in [1.807, 2.05) is 43.3 Å². The number of aryl methyl sites for hydroxylation is 1. The summed E-state index contributed by atoms with van der Waals surface area (Å²) in [6.45, 7) is 5.88. The highest BCUT2D eigenvalue weighted by Gasteiger charge is 2.14. The van der Waals surface area contributed by atoms with Crippen LogP contribution in [0.25, 0.3) is 33.5 Å². The van der Waals surface area contributed by atoms with Gasteiger partial charge in [-0.05, 0) is 44.2 Å². The molecule has 10 nitrogen and oxygen atoms in total. The van der Waals surface area contributed by atoms with Gasteiger partial charge in [-0.2, -0.15) is 0 Å². The molecule has 3 aromatic heterocycles. The van der Waals surface area contributed by atoms with E-state index in [0.717, 1.165) is 46.0 Å². The lowest BCUT2D eigenvalue weighted by atomic mass is 10.1. The van der Waals surface area contributed by atoms with Crippen molar-refractivity contribution in [2.75, 3.05) is 25.6 Å². The van der Waals surface area contributed by atoms with E-state index in [9.17, 15) is 4.79 Å².